The molecule has 0 spiro atoms. The molecule has 0 bridgehead atoms. The molecule has 0 aliphatic carbocycles. The highest BCUT2D eigenvalue weighted by atomic mass is 31.2. The lowest BCUT2D eigenvalue weighted by Crippen LogP contribution is -2.59. The van der Waals surface area contributed by atoms with Gasteiger partial charge in [0, 0.05) is 22.2 Å². The van der Waals surface area contributed by atoms with E-state index in [9.17, 15) is 14.4 Å². The Morgan fingerprint density at radius 3 is 1.50 bits per heavy atom. The summed E-state index contributed by atoms with van der Waals surface area (Å²) < 4.78 is 12.7. The van der Waals surface area contributed by atoms with Crippen molar-refractivity contribution in [2.24, 2.45) is 0 Å². The summed E-state index contributed by atoms with van der Waals surface area (Å²) in [5.41, 5.74) is 1.98. The van der Waals surface area contributed by atoms with Crippen LogP contribution in [0.2, 0.25) is 0 Å². The van der Waals surface area contributed by atoms with E-state index in [1.165, 1.54) is 0 Å². The molecule has 182 valence electrons. The van der Waals surface area contributed by atoms with Crippen molar-refractivity contribution >= 4 is 12.9 Å². The van der Waals surface area contributed by atoms with E-state index < -0.39 is 7.60 Å². The lowest BCUT2D eigenvalue weighted by Gasteiger charge is -2.55. The van der Waals surface area contributed by atoms with Crippen LogP contribution in [0, 0.1) is 0 Å². The van der Waals surface area contributed by atoms with Crippen molar-refractivity contribution in [3.63, 3.8) is 0 Å². The van der Waals surface area contributed by atoms with E-state index >= 15 is 0 Å². The zero-order chi connectivity index (χ0) is 24.5. The van der Waals surface area contributed by atoms with Gasteiger partial charge in [0.2, 0.25) is 0 Å². The summed E-state index contributed by atoms with van der Waals surface area (Å²) in [4.78, 5) is 25.6. The highest BCUT2D eigenvalue weighted by molar-refractivity contribution is 7.60. The molecular weight excluding hydrogens is 419 g/mol. The summed E-state index contributed by atoms with van der Waals surface area (Å²) in [6.45, 7) is 18.2. The molecule has 1 aromatic carbocycles. The minimum Gasteiger partial charge on any atom is -0.321 e. The van der Waals surface area contributed by atoms with Crippen LogP contribution in [0.3, 0.4) is 0 Å². The molecule has 0 amide bonds. The fraction of sp³-hybridized carbons (Fsp3) is 0.769. The van der Waals surface area contributed by atoms with Gasteiger partial charge in [0.25, 0.3) is 0 Å². The molecule has 6 heteroatoms. The van der Waals surface area contributed by atoms with Gasteiger partial charge < -0.3 is 9.79 Å². The maximum atomic E-state index is 12.7. The Labute approximate surface area is 195 Å². The Bertz CT molecular complexity index is 880. The summed E-state index contributed by atoms with van der Waals surface area (Å²) in [5, 5.41) is 0.241. The third-order valence-corrected chi connectivity index (χ3v) is 9.91. The van der Waals surface area contributed by atoms with Crippen molar-refractivity contribution in [2.75, 3.05) is 14.1 Å². The molecule has 0 atom stereocenters. The molecule has 2 heterocycles. The average molecular weight is 465 g/mol. The minimum absolute atomic E-state index is 0.00708. The number of likely N-dealkylation sites (tertiary alicyclic amines) is 2. The van der Waals surface area contributed by atoms with Gasteiger partial charge in [-0.15, -0.1) is 0 Å². The third kappa shape index (κ3) is 4.61. The first-order chi connectivity index (χ1) is 14.3. The van der Waals surface area contributed by atoms with Gasteiger partial charge in [-0.2, -0.15) is 0 Å². The van der Waals surface area contributed by atoms with E-state index in [4.69, 9.17) is 0 Å². The Balaban J connectivity index is 2.19. The number of rotatable bonds is 3. The second-order valence-electron chi connectivity index (χ2n) is 12.9. The van der Waals surface area contributed by atoms with Crippen LogP contribution < -0.4 is 5.30 Å². The van der Waals surface area contributed by atoms with Gasteiger partial charge in [-0.3, -0.25) is 14.4 Å². The number of hydrogen-bond acceptors (Lipinski definition) is 3. The molecule has 2 fully saturated rings. The zero-order valence-electron chi connectivity index (χ0n) is 21.9. The lowest BCUT2D eigenvalue weighted by atomic mass is 9.66. The summed E-state index contributed by atoms with van der Waals surface area (Å²) in [6, 6.07) is 5.68. The monoisotopic (exact) mass is 464 g/mol. The molecule has 0 saturated carbocycles. The van der Waals surface area contributed by atoms with Crippen molar-refractivity contribution in [2.45, 2.75) is 115 Å². The normalized spacial score (nSPS) is 26.9. The van der Waals surface area contributed by atoms with Crippen LogP contribution in [0.25, 0.3) is 0 Å². The maximum absolute atomic E-state index is 12.7. The number of nitrogens with zero attached hydrogens (tertiary/aromatic N) is 2. The summed E-state index contributed by atoms with van der Waals surface area (Å²) >= 11 is 0. The average Bonchev–Trinajstić information content (AvgIpc) is 2.61. The van der Waals surface area contributed by atoms with Crippen molar-refractivity contribution < 1.29 is 14.4 Å². The fourth-order valence-electron chi connectivity index (χ4n) is 6.79. The highest BCUT2D eigenvalue weighted by Gasteiger charge is 2.48. The quantitative estimate of drug-likeness (QED) is 0.601. The predicted octanol–water partition coefficient (Wildman–Crippen LogP) is 5.22. The molecule has 3 rings (SSSR count). The number of hydrogen-bond donors (Lipinski definition) is 2. The Morgan fingerprint density at radius 1 is 0.750 bits per heavy atom. The zero-order valence-corrected chi connectivity index (χ0v) is 22.8. The summed E-state index contributed by atoms with van der Waals surface area (Å²) in [6.07, 6.45) is 3.72. The molecule has 2 aliphatic rings. The van der Waals surface area contributed by atoms with E-state index in [0.29, 0.717) is 0 Å². The van der Waals surface area contributed by atoms with E-state index in [1.54, 1.807) is 6.07 Å². The van der Waals surface area contributed by atoms with Crippen LogP contribution in [0.5, 0.6) is 0 Å². The second-order valence-corrected chi connectivity index (χ2v) is 14.5. The van der Waals surface area contributed by atoms with Crippen LogP contribution in [-0.4, -0.2) is 55.8 Å². The van der Waals surface area contributed by atoms with Gasteiger partial charge >= 0.3 is 7.60 Å². The first kappa shape index (κ1) is 25.9. The Hall–Kier alpha value is -0.710. The van der Waals surface area contributed by atoms with Crippen molar-refractivity contribution in [1.82, 2.24) is 9.80 Å². The molecular formula is C26H45N2O3P. The van der Waals surface area contributed by atoms with Gasteiger partial charge in [-0.05, 0) is 124 Å². The molecule has 0 unspecified atom stereocenters. The largest absolute Gasteiger partial charge is 0.356 e. The SMILES string of the molecule is CN1C(C)(C)CC(c2cccc(P(=O)(O)O)c2C2CC(C)(C)N(C)C(C)(C)C2)CC1(C)C. The van der Waals surface area contributed by atoms with Gasteiger partial charge in [0.1, 0.15) is 0 Å². The van der Waals surface area contributed by atoms with Crippen molar-refractivity contribution in [3.05, 3.63) is 29.3 Å². The highest BCUT2D eigenvalue weighted by Crippen LogP contribution is 2.52. The molecule has 2 saturated heterocycles. The predicted molar refractivity (Wildman–Crippen MR) is 134 cm³/mol. The summed E-state index contributed by atoms with van der Waals surface area (Å²) in [7, 11) is -0.0256. The van der Waals surface area contributed by atoms with Crippen molar-refractivity contribution in [1.29, 1.82) is 0 Å². The standard InChI is InChI=1S/C26H45N2O3P/c1-23(2)14-18(15-24(3,4)27(23)9)20-12-11-13-21(32(29,30)31)22(20)19-16-25(5,6)28(10)26(7,8)17-19/h11-13,18-19H,14-17H2,1-10H3,(H2,29,30,31). The van der Waals surface area contributed by atoms with Gasteiger partial charge in [0.15, 0.2) is 0 Å². The second kappa shape index (κ2) is 7.92. The smallest absolute Gasteiger partial charge is 0.321 e. The topological polar surface area (TPSA) is 64.0 Å². The summed E-state index contributed by atoms with van der Waals surface area (Å²) in [5.74, 6) is 0.379. The first-order valence-electron chi connectivity index (χ1n) is 12.0. The van der Waals surface area contributed by atoms with Gasteiger partial charge in [-0.1, -0.05) is 12.1 Å². The van der Waals surface area contributed by atoms with Crippen LogP contribution in [0.4, 0.5) is 0 Å². The maximum Gasteiger partial charge on any atom is 0.356 e. The first-order valence-corrected chi connectivity index (χ1v) is 13.6. The Kier molecular flexibility index (Phi) is 6.41. The van der Waals surface area contributed by atoms with Crippen LogP contribution in [0.1, 0.15) is 104 Å². The van der Waals surface area contributed by atoms with E-state index in [0.717, 1.165) is 36.8 Å². The fourth-order valence-corrected chi connectivity index (χ4v) is 7.70. The van der Waals surface area contributed by atoms with E-state index in [2.05, 4.69) is 85.4 Å². The molecule has 0 aromatic heterocycles. The molecule has 2 aliphatic heterocycles. The van der Waals surface area contributed by atoms with Crippen LogP contribution in [0.15, 0.2) is 18.2 Å². The number of benzene rings is 1. The van der Waals surface area contributed by atoms with Crippen LogP contribution >= 0.6 is 7.60 Å². The van der Waals surface area contributed by atoms with Gasteiger partial charge in [-0.25, -0.2) is 0 Å². The molecule has 1 aromatic rings. The van der Waals surface area contributed by atoms with E-state index in [-0.39, 0.29) is 39.3 Å². The van der Waals surface area contributed by atoms with Gasteiger partial charge in [0.05, 0.1) is 5.30 Å². The molecule has 2 N–H and O–H groups in total. The Morgan fingerprint density at radius 2 is 1.12 bits per heavy atom. The third-order valence-electron chi connectivity index (χ3n) is 8.89. The lowest BCUT2D eigenvalue weighted by molar-refractivity contribution is -0.0170. The number of piperidine rings is 2. The van der Waals surface area contributed by atoms with E-state index in [1.807, 2.05) is 6.07 Å². The molecule has 32 heavy (non-hydrogen) atoms. The molecule has 5 nitrogen and oxygen atoms in total. The van der Waals surface area contributed by atoms with Crippen LogP contribution in [-0.2, 0) is 4.57 Å². The minimum atomic E-state index is -4.40. The molecule has 0 radical (unpaired) electrons. The van der Waals surface area contributed by atoms with Crippen molar-refractivity contribution in [3.8, 4) is 0 Å².